The van der Waals surface area contributed by atoms with Crippen molar-refractivity contribution in [1.29, 1.82) is 0 Å². The number of nitrogens with one attached hydrogen (secondary N) is 1. The second kappa shape index (κ2) is 11.8. The number of allylic oxidation sites excluding steroid dienone is 1. The van der Waals surface area contributed by atoms with Crippen LogP contribution in [0.15, 0.2) is 95.7 Å². The number of esters is 1. The number of carbonyl (C=O) groups is 3. The summed E-state index contributed by atoms with van der Waals surface area (Å²) < 4.78 is 10.6. The third-order valence-corrected chi connectivity index (χ3v) is 6.54. The number of anilines is 1. The summed E-state index contributed by atoms with van der Waals surface area (Å²) >= 11 is 6.07. The Balaban J connectivity index is 1.50. The van der Waals surface area contributed by atoms with E-state index in [-0.39, 0.29) is 35.6 Å². The highest BCUT2D eigenvalue weighted by Gasteiger charge is 2.39. The summed E-state index contributed by atoms with van der Waals surface area (Å²) in [5.74, 6) is -0.736. The van der Waals surface area contributed by atoms with Crippen LogP contribution < -0.4 is 10.1 Å². The second-order valence-electron chi connectivity index (χ2n) is 8.66. The van der Waals surface area contributed by atoms with Crippen molar-refractivity contribution in [2.75, 3.05) is 19.0 Å². The summed E-state index contributed by atoms with van der Waals surface area (Å²) in [6.07, 6.45) is 1.66. The number of rotatable bonds is 8. The smallest absolute Gasteiger partial charge is 0.340 e. The maximum absolute atomic E-state index is 13.5. The summed E-state index contributed by atoms with van der Waals surface area (Å²) in [6.45, 7) is 3.46. The lowest BCUT2D eigenvalue weighted by atomic mass is 10.0. The minimum absolute atomic E-state index is 0.203. The third-order valence-electron chi connectivity index (χ3n) is 6.21. The highest BCUT2D eigenvalue weighted by molar-refractivity contribution is 6.33. The quantitative estimate of drug-likeness (QED) is 0.294. The fourth-order valence-corrected chi connectivity index (χ4v) is 4.45. The zero-order valence-corrected chi connectivity index (χ0v) is 22.0. The lowest BCUT2D eigenvalue weighted by molar-refractivity contribution is -0.136. The van der Waals surface area contributed by atoms with E-state index in [4.69, 9.17) is 21.1 Å². The fraction of sp³-hybridized carbons (Fsp3) is 0.167. The normalized spacial score (nSPS) is 15.0. The number of carbonyl (C=O) groups excluding carboxylic acids is 3. The van der Waals surface area contributed by atoms with Crippen molar-refractivity contribution in [2.24, 2.45) is 0 Å². The Bertz CT molecular complexity index is 1410. The molecule has 0 unspecified atom stereocenters. The molecule has 3 aromatic carbocycles. The minimum Gasteiger partial charge on any atom is -0.484 e. The van der Waals surface area contributed by atoms with E-state index >= 15 is 0 Å². The van der Waals surface area contributed by atoms with E-state index in [0.29, 0.717) is 27.7 Å². The van der Waals surface area contributed by atoms with E-state index in [1.54, 1.807) is 66.4 Å². The van der Waals surface area contributed by atoms with Crippen molar-refractivity contribution < 1.29 is 23.9 Å². The topological polar surface area (TPSA) is 84.9 Å². The largest absolute Gasteiger partial charge is 0.484 e. The molecule has 1 heterocycles. The van der Waals surface area contributed by atoms with Gasteiger partial charge < -0.3 is 19.7 Å². The Labute approximate surface area is 226 Å². The Morgan fingerprint density at radius 2 is 1.66 bits per heavy atom. The van der Waals surface area contributed by atoms with Gasteiger partial charge in [-0.05, 0) is 55.3 Å². The van der Waals surface area contributed by atoms with Crippen molar-refractivity contribution in [3.8, 4) is 5.75 Å². The number of halogens is 1. The molecule has 0 aliphatic carbocycles. The van der Waals surface area contributed by atoms with Crippen LogP contribution in [-0.2, 0) is 19.1 Å². The van der Waals surface area contributed by atoms with Gasteiger partial charge in [-0.25, -0.2) is 4.79 Å². The molecule has 7 nitrogen and oxygen atoms in total. The summed E-state index contributed by atoms with van der Waals surface area (Å²) in [5, 5.41) is 3.14. The summed E-state index contributed by atoms with van der Waals surface area (Å²) in [7, 11) is 1.29. The van der Waals surface area contributed by atoms with Gasteiger partial charge in [0, 0.05) is 5.70 Å². The SMILES string of the molecule is COC(=O)C1=C(C)N([C@H](C)c2ccccc2)C(=O)/C1=C\c1ccc(OCC(=O)Nc2ccccc2Cl)cc1. The monoisotopic (exact) mass is 530 g/mol. The number of benzene rings is 3. The molecule has 2 amide bonds. The molecule has 3 aromatic rings. The van der Waals surface area contributed by atoms with E-state index in [2.05, 4.69) is 5.32 Å². The van der Waals surface area contributed by atoms with Gasteiger partial charge in [-0.15, -0.1) is 0 Å². The number of methoxy groups -OCH3 is 1. The van der Waals surface area contributed by atoms with Crippen LogP contribution in [0.5, 0.6) is 5.75 Å². The zero-order chi connectivity index (χ0) is 27.2. The molecule has 0 aromatic heterocycles. The molecule has 0 saturated carbocycles. The lowest BCUT2D eigenvalue weighted by Crippen LogP contribution is -2.28. The molecule has 38 heavy (non-hydrogen) atoms. The zero-order valence-electron chi connectivity index (χ0n) is 21.2. The van der Waals surface area contributed by atoms with Gasteiger partial charge in [0.1, 0.15) is 5.75 Å². The van der Waals surface area contributed by atoms with Crippen molar-refractivity contribution >= 4 is 41.1 Å². The molecular weight excluding hydrogens is 504 g/mol. The molecule has 0 bridgehead atoms. The molecule has 1 atom stereocenters. The molecule has 194 valence electrons. The van der Waals surface area contributed by atoms with Crippen LogP contribution in [0.2, 0.25) is 5.02 Å². The number of nitrogens with zero attached hydrogens (tertiary/aromatic N) is 1. The number of hydrogen-bond acceptors (Lipinski definition) is 5. The van der Waals surface area contributed by atoms with Crippen molar-refractivity contribution in [3.63, 3.8) is 0 Å². The highest BCUT2D eigenvalue weighted by Crippen LogP contribution is 2.37. The minimum atomic E-state index is -0.575. The average Bonchev–Trinajstić information content (AvgIpc) is 3.17. The Hall–Kier alpha value is -4.36. The first-order valence-corrected chi connectivity index (χ1v) is 12.3. The Morgan fingerprint density at radius 1 is 1.00 bits per heavy atom. The lowest BCUT2D eigenvalue weighted by Gasteiger charge is -2.26. The van der Waals surface area contributed by atoms with Crippen molar-refractivity contribution in [2.45, 2.75) is 19.9 Å². The summed E-state index contributed by atoms with van der Waals surface area (Å²) in [4.78, 5) is 40.0. The van der Waals surface area contributed by atoms with Gasteiger partial charge in [-0.1, -0.05) is 66.2 Å². The van der Waals surface area contributed by atoms with Crippen molar-refractivity contribution in [3.05, 3.63) is 112 Å². The number of para-hydroxylation sites is 1. The molecule has 0 radical (unpaired) electrons. The third kappa shape index (κ3) is 5.79. The molecule has 4 rings (SSSR count). The molecule has 0 saturated heterocycles. The molecule has 0 fully saturated rings. The molecule has 1 aliphatic rings. The first kappa shape index (κ1) is 26.7. The first-order valence-electron chi connectivity index (χ1n) is 12.0. The molecule has 0 spiro atoms. The van der Waals surface area contributed by atoms with Crippen LogP contribution in [0.3, 0.4) is 0 Å². The summed E-state index contributed by atoms with van der Waals surface area (Å²) in [6, 6.07) is 23.1. The molecule has 8 heteroatoms. The van der Waals surface area contributed by atoms with Crippen LogP contribution in [-0.4, -0.2) is 36.4 Å². The number of hydrogen-bond donors (Lipinski definition) is 1. The number of ether oxygens (including phenoxy) is 2. The summed E-state index contributed by atoms with van der Waals surface area (Å²) in [5.41, 5.74) is 3.16. The van der Waals surface area contributed by atoms with Gasteiger partial charge in [-0.2, -0.15) is 0 Å². The van der Waals surface area contributed by atoms with Gasteiger partial charge in [-0.3, -0.25) is 9.59 Å². The molecule has 1 aliphatic heterocycles. The van der Waals surface area contributed by atoms with Crippen LogP contribution >= 0.6 is 11.6 Å². The van der Waals surface area contributed by atoms with E-state index < -0.39 is 5.97 Å². The average molecular weight is 531 g/mol. The van der Waals surface area contributed by atoms with E-state index in [1.807, 2.05) is 37.3 Å². The van der Waals surface area contributed by atoms with Crippen LogP contribution in [0, 0.1) is 0 Å². The van der Waals surface area contributed by atoms with E-state index in [1.165, 1.54) is 7.11 Å². The van der Waals surface area contributed by atoms with Gasteiger partial charge >= 0.3 is 5.97 Å². The highest BCUT2D eigenvalue weighted by atomic mass is 35.5. The van der Waals surface area contributed by atoms with Gasteiger partial charge in [0.15, 0.2) is 6.61 Å². The van der Waals surface area contributed by atoms with Gasteiger partial charge in [0.25, 0.3) is 11.8 Å². The van der Waals surface area contributed by atoms with E-state index in [0.717, 1.165) is 5.56 Å². The molecular formula is C30H27ClN2O5. The fourth-order valence-electron chi connectivity index (χ4n) is 4.27. The number of amides is 2. The maximum Gasteiger partial charge on any atom is 0.340 e. The maximum atomic E-state index is 13.5. The van der Waals surface area contributed by atoms with Crippen LogP contribution in [0.1, 0.15) is 31.0 Å². The van der Waals surface area contributed by atoms with Crippen LogP contribution in [0.25, 0.3) is 6.08 Å². The predicted molar refractivity (Wildman–Crippen MR) is 146 cm³/mol. The van der Waals surface area contributed by atoms with E-state index in [9.17, 15) is 14.4 Å². The van der Waals surface area contributed by atoms with Crippen LogP contribution in [0.4, 0.5) is 5.69 Å². The van der Waals surface area contributed by atoms with Gasteiger partial charge in [0.2, 0.25) is 0 Å². The predicted octanol–water partition coefficient (Wildman–Crippen LogP) is 5.79. The first-order chi connectivity index (χ1) is 18.3. The van der Waals surface area contributed by atoms with Gasteiger partial charge in [0.05, 0.1) is 35.0 Å². The Morgan fingerprint density at radius 3 is 2.32 bits per heavy atom. The van der Waals surface area contributed by atoms with Crippen molar-refractivity contribution in [1.82, 2.24) is 4.90 Å². The second-order valence-corrected chi connectivity index (χ2v) is 9.06. The Kier molecular flexibility index (Phi) is 8.28. The standard InChI is InChI=1S/C30H27ClN2O5/c1-19(22-9-5-4-6-10-22)33-20(2)28(30(36)37-3)24(29(33)35)17-21-13-15-23(16-14-21)38-18-27(34)32-26-12-8-7-11-25(26)31/h4-17,19H,18H2,1-3H3,(H,32,34)/b24-17-/t19-/m1/s1. The molecule has 1 N–H and O–H groups in total.